The fourth-order valence-corrected chi connectivity index (χ4v) is 1.59. The van der Waals surface area contributed by atoms with Gasteiger partial charge in [-0.3, -0.25) is 0 Å². The Hall–Kier alpha value is -1.25. The first kappa shape index (κ1) is 9.94. The Kier molecular flexibility index (Phi) is 2.27. The first-order valence-corrected chi connectivity index (χ1v) is 5.86. The predicted octanol–water partition coefficient (Wildman–Crippen LogP) is 3.22. The topological polar surface area (TPSA) is 18.5 Å². The van der Waals surface area contributed by atoms with Crippen molar-refractivity contribution in [3.05, 3.63) is 23.5 Å². The average Bonchev–Trinajstić information content (AvgIpc) is 3.12. The quantitative estimate of drug-likeness (QED) is 0.778. The van der Waals surface area contributed by atoms with Gasteiger partial charge in [0.1, 0.15) is 5.75 Å². The molecule has 1 aromatic carbocycles. The summed E-state index contributed by atoms with van der Waals surface area (Å²) in [4.78, 5) is 0. The van der Waals surface area contributed by atoms with Gasteiger partial charge >= 0.3 is 0 Å². The summed E-state index contributed by atoms with van der Waals surface area (Å²) in [6, 6.07) is 3.49. The van der Waals surface area contributed by atoms with Gasteiger partial charge in [0.05, 0.1) is 12.2 Å². The van der Waals surface area contributed by atoms with E-state index in [4.69, 9.17) is 9.47 Å². The van der Waals surface area contributed by atoms with Crippen LogP contribution in [0.5, 0.6) is 11.5 Å². The van der Waals surface area contributed by atoms with Crippen molar-refractivity contribution in [2.45, 2.75) is 44.8 Å². The van der Waals surface area contributed by atoms with Gasteiger partial charge in [0.2, 0.25) is 0 Å². The lowest BCUT2D eigenvalue weighted by molar-refractivity contribution is 0.278. The summed E-state index contributed by atoms with van der Waals surface area (Å²) < 4.78 is 25.0. The fourth-order valence-electron chi connectivity index (χ4n) is 1.59. The standard InChI is InChI=1S/C13H15FO2/c1-8-11(15-9-2-3-9)6-7-12(13(8)14)16-10-4-5-10/h6-7,9-10H,2-5H2,1H3. The number of halogens is 1. The SMILES string of the molecule is Cc1c(OC2CC2)ccc(OC2CC2)c1F. The summed E-state index contributed by atoms with van der Waals surface area (Å²) in [7, 11) is 0. The van der Waals surface area contributed by atoms with Crippen LogP contribution in [0.1, 0.15) is 31.2 Å². The molecule has 0 atom stereocenters. The van der Waals surface area contributed by atoms with E-state index in [1.54, 1.807) is 13.0 Å². The van der Waals surface area contributed by atoms with Crippen LogP contribution in [0.25, 0.3) is 0 Å². The van der Waals surface area contributed by atoms with E-state index in [1.165, 1.54) is 0 Å². The molecule has 3 heteroatoms. The van der Waals surface area contributed by atoms with Crippen molar-refractivity contribution < 1.29 is 13.9 Å². The molecule has 0 amide bonds. The molecule has 16 heavy (non-hydrogen) atoms. The van der Waals surface area contributed by atoms with E-state index in [1.807, 2.05) is 6.07 Å². The molecule has 0 heterocycles. The van der Waals surface area contributed by atoms with Crippen molar-refractivity contribution in [3.8, 4) is 11.5 Å². The third kappa shape index (κ3) is 1.99. The van der Waals surface area contributed by atoms with E-state index >= 15 is 0 Å². The van der Waals surface area contributed by atoms with Crippen LogP contribution in [0.4, 0.5) is 4.39 Å². The Morgan fingerprint density at radius 1 is 1.00 bits per heavy atom. The van der Waals surface area contributed by atoms with Crippen LogP contribution in [-0.2, 0) is 0 Å². The lowest BCUT2D eigenvalue weighted by Crippen LogP contribution is -2.03. The van der Waals surface area contributed by atoms with Crippen molar-refractivity contribution in [1.29, 1.82) is 0 Å². The lowest BCUT2D eigenvalue weighted by Gasteiger charge is -2.12. The smallest absolute Gasteiger partial charge is 0.171 e. The molecule has 2 aliphatic rings. The second kappa shape index (κ2) is 3.65. The number of hydrogen-bond acceptors (Lipinski definition) is 2. The number of ether oxygens (including phenoxy) is 2. The van der Waals surface area contributed by atoms with Crippen molar-refractivity contribution in [2.24, 2.45) is 0 Å². The monoisotopic (exact) mass is 222 g/mol. The molecule has 86 valence electrons. The minimum absolute atomic E-state index is 0.226. The highest BCUT2D eigenvalue weighted by Crippen LogP contribution is 2.35. The van der Waals surface area contributed by atoms with Crippen LogP contribution < -0.4 is 9.47 Å². The van der Waals surface area contributed by atoms with Gasteiger partial charge in [-0.15, -0.1) is 0 Å². The molecule has 0 unspecified atom stereocenters. The van der Waals surface area contributed by atoms with Crippen LogP contribution in [0.3, 0.4) is 0 Å². The van der Waals surface area contributed by atoms with E-state index in [0.717, 1.165) is 25.7 Å². The minimum atomic E-state index is -0.273. The van der Waals surface area contributed by atoms with Crippen LogP contribution >= 0.6 is 0 Å². The van der Waals surface area contributed by atoms with E-state index in [0.29, 0.717) is 23.2 Å². The van der Waals surface area contributed by atoms with Crippen molar-refractivity contribution >= 4 is 0 Å². The second-order valence-electron chi connectivity index (χ2n) is 4.64. The molecule has 0 aliphatic heterocycles. The highest BCUT2D eigenvalue weighted by molar-refractivity contribution is 5.41. The molecule has 2 saturated carbocycles. The fraction of sp³-hybridized carbons (Fsp3) is 0.538. The third-order valence-corrected chi connectivity index (χ3v) is 2.94. The molecule has 0 spiro atoms. The average molecular weight is 222 g/mol. The molecular formula is C13H15FO2. The molecule has 1 aromatic rings. The van der Waals surface area contributed by atoms with E-state index in [9.17, 15) is 4.39 Å². The van der Waals surface area contributed by atoms with E-state index in [-0.39, 0.29) is 11.9 Å². The summed E-state index contributed by atoms with van der Waals surface area (Å²) in [5.41, 5.74) is 0.560. The predicted molar refractivity (Wildman–Crippen MR) is 58.4 cm³/mol. The Bertz CT molecular complexity index is 370. The molecule has 2 nitrogen and oxygen atoms in total. The summed E-state index contributed by atoms with van der Waals surface area (Å²) in [6.45, 7) is 1.74. The van der Waals surface area contributed by atoms with Gasteiger partial charge in [0, 0.05) is 5.56 Å². The highest BCUT2D eigenvalue weighted by Gasteiger charge is 2.27. The molecule has 3 rings (SSSR count). The summed E-state index contributed by atoms with van der Waals surface area (Å²) in [6.07, 6.45) is 4.78. The van der Waals surface area contributed by atoms with Gasteiger partial charge < -0.3 is 9.47 Å². The van der Waals surface area contributed by atoms with Crippen LogP contribution in [-0.4, -0.2) is 12.2 Å². The van der Waals surface area contributed by atoms with Gasteiger partial charge in [-0.05, 0) is 44.7 Å². The maximum Gasteiger partial charge on any atom is 0.171 e. The number of rotatable bonds is 4. The molecule has 0 N–H and O–H groups in total. The first-order valence-electron chi connectivity index (χ1n) is 5.86. The van der Waals surface area contributed by atoms with Crippen molar-refractivity contribution in [2.75, 3.05) is 0 Å². The molecular weight excluding hydrogens is 207 g/mol. The van der Waals surface area contributed by atoms with E-state index in [2.05, 4.69) is 0 Å². The van der Waals surface area contributed by atoms with E-state index < -0.39 is 0 Å². The van der Waals surface area contributed by atoms with Gasteiger partial charge in [0.15, 0.2) is 11.6 Å². The molecule has 2 aliphatic carbocycles. The highest BCUT2D eigenvalue weighted by atomic mass is 19.1. The Labute approximate surface area is 94.4 Å². The maximum atomic E-state index is 13.9. The molecule has 0 radical (unpaired) electrons. The summed E-state index contributed by atoms with van der Waals surface area (Å²) in [5.74, 6) is 0.747. The number of benzene rings is 1. The first-order chi connectivity index (χ1) is 7.74. The van der Waals surface area contributed by atoms with Gasteiger partial charge in [0.25, 0.3) is 0 Å². The van der Waals surface area contributed by atoms with Crippen LogP contribution in [0, 0.1) is 12.7 Å². The third-order valence-electron chi connectivity index (χ3n) is 2.94. The molecule has 0 saturated heterocycles. The van der Waals surface area contributed by atoms with Gasteiger partial charge in [-0.25, -0.2) is 4.39 Å². The van der Waals surface area contributed by atoms with Gasteiger partial charge in [-0.2, -0.15) is 0 Å². The summed E-state index contributed by atoms with van der Waals surface area (Å²) >= 11 is 0. The minimum Gasteiger partial charge on any atom is -0.490 e. The number of hydrogen-bond donors (Lipinski definition) is 0. The van der Waals surface area contributed by atoms with Crippen molar-refractivity contribution in [3.63, 3.8) is 0 Å². The zero-order valence-corrected chi connectivity index (χ0v) is 9.33. The van der Waals surface area contributed by atoms with Crippen LogP contribution in [0.2, 0.25) is 0 Å². The van der Waals surface area contributed by atoms with Crippen molar-refractivity contribution in [1.82, 2.24) is 0 Å². The zero-order chi connectivity index (χ0) is 11.1. The Balaban J connectivity index is 1.81. The van der Waals surface area contributed by atoms with Crippen LogP contribution in [0.15, 0.2) is 12.1 Å². The second-order valence-corrected chi connectivity index (χ2v) is 4.64. The summed E-state index contributed by atoms with van der Waals surface area (Å²) in [5, 5.41) is 0. The van der Waals surface area contributed by atoms with Gasteiger partial charge in [-0.1, -0.05) is 0 Å². The maximum absolute atomic E-state index is 13.9. The zero-order valence-electron chi connectivity index (χ0n) is 9.33. The Morgan fingerprint density at radius 3 is 2.06 bits per heavy atom. The largest absolute Gasteiger partial charge is 0.490 e. The lowest BCUT2D eigenvalue weighted by atomic mass is 10.2. The molecule has 0 aromatic heterocycles. The Morgan fingerprint density at radius 2 is 1.50 bits per heavy atom. The molecule has 0 bridgehead atoms. The normalized spacial score (nSPS) is 19.6. The molecule has 2 fully saturated rings.